The van der Waals surface area contributed by atoms with Gasteiger partial charge in [0.1, 0.15) is 0 Å². The van der Waals surface area contributed by atoms with E-state index >= 15 is 0 Å². The minimum atomic E-state index is 0. The van der Waals surface area contributed by atoms with Crippen LogP contribution in [0.4, 0.5) is 5.69 Å². The number of nitrogens with zero attached hydrogens (tertiary/aromatic N) is 1. The standard InChI is InChI=1S/C16H26N.Li/c1-5-14(4)8-9-15-10-12-16(13-11-15)17(6-2)7-3;/h9-14H,5-8H2,1-4H3;/q-1;+1. The summed E-state index contributed by atoms with van der Waals surface area (Å²) in [4.78, 5) is 2.37. The maximum Gasteiger partial charge on any atom is 1.00 e. The number of hydrogen-bond acceptors (Lipinski definition) is 1. The summed E-state index contributed by atoms with van der Waals surface area (Å²) >= 11 is 0. The van der Waals surface area contributed by atoms with Crippen molar-refractivity contribution in [3.63, 3.8) is 0 Å². The van der Waals surface area contributed by atoms with E-state index in [1.807, 2.05) is 0 Å². The molecule has 0 saturated carbocycles. The van der Waals surface area contributed by atoms with Crippen LogP contribution < -0.4 is 23.8 Å². The average Bonchev–Trinajstić information content (AvgIpc) is 2.38. The Morgan fingerprint density at radius 3 is 2.06 bits per heavy atom. The van der Waals surface area contributed by atoms with E-state index in [1.54, 1.807) is 0 Å². The van der Waals surface area contributed by atoms with Crippen LogP contribution in [-0.4, -0.2) is 13.1 Å². The van der Waals surface area contributed by atoms with Crippen molar-refractivity contribution in [2.75, 3.05) is 18.0 Å². The fraction of sp³-hybridized carbons (Fsp3) is 0.562. The van der Waals surface area contributed by atoms with E-state index in [0.717, 1.165) is 19.0 Å². The molecule has 1 rings (SSSR count). The van der Waals surface area contributed by atoms with E-state index in [4.69, 9.17) is 0 Å². The van der Waals surface area contributed by atoms with Gasteiger partial charge in [0.15, 0.2) is 0 Å². The van der Waals surface area contributed by atoms with Crippen LogP contribution in [-0.2, 0) is 0 Å². The zero-order valence-electron chi connectivity index (χ0n) is 12.7. The summed E-state index contributed by atoms with van der Waals surface area (Å²) in [7, 11) is 0. The molecule has 96 valence electrons. The third-order valence-corrected chi connectivity index (χ3v) is 3.47. The molecule has 0 heterocycles. The molecule has 0 aliphatic heterocycles. The van der Waals surface area contributed by atoms with Gasteiger partial charge in [0.25, 0.3) is 0 Å². The molecule has 0 aliphatic carbocycles. The average molecular weight is 239 g/mol. The van der Waals surface area contributed by atoms with Gasteiger partial charge in [0.05, 0.1) is 0 Å². The van der Waals surface area contributed by atoms with Crippen LogP contribution in [0, 0.1) is 12.3 Å². The van der Waals surface area contributed by atoms with Crippen LogP contribution in [0.1, 0.15) is 46.1 Å². The Bertz CT molecular complexity index is 303. The largest absolute Gasteiger partial charge is 1.00 e. The monoisotopic (exact) mass is 239 g/mol. The van der Waals surface area contributed by atoms with Crippen LogP contribution >= 0.6 is 0 Å². The minimum Gasteiger partial charge on any atom is -0.374 e. The molecule has 0 amide bonds. The number of rotatable bonds is 7. The number of anilines is 1. The maximum atomic E-state index is 2.37. The fourth-order valence-corrected chi connectivity index (χ4v) is 1.91. The summed E-state index contributed by atoms with van der Waals surface area (Å²) in [6.07, 6.45) is 4.79. The van der Waals surface area contributed by atoms with E-state index in [-0.39, 0.29) is 18.9 Å². The van der Waals surface area contributed by atoms with Gasteiger partial charge in [0, 0.05) is 18.8 Å². The van der Waals surface area contributed by atoms with Crippen molar-refractivity contribution in [2.24, 2.45) is 5.92 Å². The van der Waals surface area contributed by atoms with E-state index in [9.17, 15) is 0 Å². The second kappa shape index (κ2) is 9.42. The smallest absolute Gasteiger partial charge is 0.374 e. The first-order valence-corrected chi connectivity index (χ1v) is 6.89. The van der Waals surface area contributed by atoms with Gasteiger partial charge < -0.3 is 4.90 Å². The molecule has 0 saturated heterocycles. The van der Waals surface area contributed by atoms with Crippen molar-refractivity contribution in [1.82, 2.24) is 0 Å². The summed E-state index contributed by atoms with van der Waals surface area (Å²) < 4.78 is 0. The molecule has 1 aromatic carbocycles. The van der Waals surface area contributed by atoms with Crippen molar-refractivity contribution in [2.45, 2.75) is 40.5 Å². The van der Waals surface area contributed by atoms with Crippen molar-refractivity contribution >= 4 is 5.69 Å². The number of hydrogen-bond donors (Lipinski definition) is 0. The molecule has 0 fully saturated rings. The summed E-state index contributed by atoms with van der Waals surface area (Å²) in [6.45, 7) is 11.1. The summed E-state index contributed by atoms with van der Waals surface area (Å²) in [5.74, 6) is 0.789. The Morgan fingerprint density at radius 1 is 1.06 bits per heavy atom. The van der Waals surface area contributed by atoms with E-state index < -0.39 is 0 Å². The SMILES string of the molecule is CCC(C)C[CH-]c1ccc(N(CC)CC)cc1.[Li+]. The molecule has 1 atom stereocenters. The third kappa shape index (κ3) is 5.42. The van der Waals surface area contributed by atoms with Crippen LogP contribution in [0.25, 0.3) is 0 Å². The van der Waals surface area contributed by atoms with E-state index in [2.05, 4.69) is 63.3 Å². The van der Waals surface area contributed by atoms with Gasteiger partial charge in [-0.15, -0.1) is 0 Å². The van der Waals surface area contributed by atoms with Crippen LogP contribution in [0.15, 0.2) is 24.3 Å². The molecular weight excluding hydrogens is 213 g/mol. The van der Waals surface area contributed by atoms with Crippen molar-refractivity contribution in [1.29, 1.82) is 0 Å². The summed E-state index contributed by atoms with van der Waals surface area (Å²) in [5.41, 5.74) is 2.68. The molecule has 0 bridgehead atoms. The van der Waals surface area contributed by atoms with Gasteiger partial charge in [-0.05, 0) is 13.8 Å². The molecule has 1 nitrogen and oxygen atoms in total. The molecule has 2 heteroatoms. The fourth-order valence-electron chi connectivity index (χ4n) is 1.91. The first-order valence-electron chi connectivity index (χ1n) is 6.89. The Balaban J connectivity index is 0.00000289. The Kier molecular flexibility index (Phi) is 9.15. The zero-order valence-corrected chi connectivity index (χ0v) is 12.7. The van der Waals surface area contributed by atoms with Gasteiger partial charge in [0.2, 0.25) is 0 Å². The molecule has 0 aliphatic rings. The van der Waals surface area contributed by atoms with Gasteiger partial charge >= 0.3 is 18.9 Å². The molecule has 0 radical (unpaired) electrons. The predicted octanol–water partition coefficient (Wildman–Crippen LogP) is 1.53. The molecular formula is C16H26LiN. The molecule has 0 spiro atoms. The topological polar surface area (TPSA) is 3.24 Å². The molecule has 0 aromatic heterocycles. The van der Waals surface area contributed by atoms with Gasteiger partial charge in [-0.2, -0.15) is 24.1 Å². The maximum absolute atomic E-state index is 2.37. The minimum absolute atomic E-state index is 0. The normalized spacial score (nSPS) is 11.6. The van der Waals surface area contributed by atoms with Crippen molar-refractivity contribution < 1.29 is 18.9 Å². The van der Waals surface area contributed by atoms with E-state index in [1.165, 1.54) is 24.1 Å². The van der Waals surface area contributed by atoms with Gasteiger partial charge in [-0.3, -0.25) is 0 Å². The number of benzene rings is 1. The van der Waals surface area contributed by atoms with Gasteiger partial charge in [-0.1, -0.05) is 44.7 Å². The first kappa shape index (κ1) is 17.5. The molecule has 0 N–H and O–H groups in total. The van der Waals surface area contributed by atoms with Crippen LogP contribution in [0.3, 0.4) is 0 Å². The Labute approximate surface area is 125 Å². The van der Waals surface area contributed by atoms with Crippen molar-refractivity contribution in [3.8, 4) is 0 Å². The third-order valence-electron chi connectivity index (χ3n) is 3.47. The Morgan fingerprint density at radius 2 is 1.61 bits per heavy atom. The molecule has 1 aromatic rings. The summed E-state index contributed by atoms with van der Waals surface area (Å²) in [6, 6.07) is 8.93. The second-order valence-corrected chi connectivity index (χ2v) is 4.72. The van der Waals surface area contributed by atoms with Crippen molar-refractivity contribution in [3.05, 3.63) is 36.2 Å². The Hall–Kier alpha value is -0.513. The zero-order chi connectivity index (χ0) is 12.7. The summed E-state index contributed by atoms with van der Waals surface area (Å²) in [5, 5.41) is 0. The molecule has 18 heavy (non-hydrogen) atoms. The first-order chi connectivity index (χ1) is 8.21. The van der Waals surface area contributed by atoms with E-state index in [0.29, 0.717) is 0 Å². The predicted molar refractivity (Wildman–Crippen MR) is 77.5 cm³/mol. The molecule has 1 unspecified atom stereocenters. The van der Waals surface area contributed by atoms with Crippen LogP contribution in [0.2, 0.25) is 0 Å². The second-order valence-electron chi connectivity index (χ2n) is 4.72. The van der Waals surface area contributed by atoms with Crippen LogP contribution in [0.5, 0.6) is 0 Å². The van der Waals surface area contributed by atoms with Gasteiger partial charge in [-0.25, -0.2) is 0 Å². The quantitative estimate of drug-likeness (QED) is 0.515.